The standard InChI is InChI=1S/C38H26/c1-3-25-37(33-17-9-5-13-29(33)30-14-6-10-18-34(30)37)27-21-23-28(24-22-27)38(26-4-2)35-19-11-7-15-31(35)32-16-8-12-20-36(32)38/h5-24H,1-2H3. The highest BCUT2D eigenvalue weighted by Gasteiger charge is 2.46. The van der Waals surface area contributed by atoms with Crippen LogP contribution in [0.3, 0.4) is 0 Å². The molecular formula is C38H26. The molecule has 0 N–H and O–H groups in total. The second-order valence-electron chi connectivity index (χ2n) is 10.0. The Kier molecular flexibility index (Phi) is 4.94. The summed E-state index contributed by atoms with van der Waals surface area (Å²) in [6, 6.07) is 44.0. The van der Waals surface area contributed by atoms with Gasteiger partial charge in [-0.05, 0) is 69.5 Å². The fourth-order valence-electron chi connectivity index (χ4n) is 6.85. The summed E-state index contributed by atoms with van der Waals surface area (Å²) in [6.45, 7) is 3.88. The zero-order chi connectivity index (χ0) is 25.7. The summed E-state index contributed by atoms with van der Waals surface area (Å²) in [5.74, 6) is 13.9. The maximum Gasteiger partial charge on any atom is 0.107 e. The number of hydrogen-bond donors (Lipinski definition) is 0. The SMILES string of the molecule is CC#CC1(c2ccc(C3(C#CC)c4ccccc4-c4ccccc43)cc2)c2ccccc2-c2ccccc21. The average Bonchev–Trinajstić information content (AvgIpc) is 3.43. The highest BCUT2D eigenvalue weighted by molar-refractivity contribution is 5.87. The van der Waals surface area contributed by atoms with Crippen molar-refractivity contribution in [2.75, 3.05) is 0 Å². The van der Waals surface area contributed by atoms with Gasteiger partial charge in [0.1, 0.15) is 10.8 Å². The molecule has 2 aliphatic carbocycles. The first-order chi connectivity index (χ1) is 18.8. The van der Waals surface area contributed by atoms with Crippen molar-refractivity contribution in [2.24, 2.45) is 0 Å². The van der Waals surface area contributed by atoms with Crippen LogP contribution in [-0.2, 0) is 10.8 Å². The molecule has 0 heterocycles. The van der Waals surface area contributed by atoms with E-state index in [-0.39, 0.29) is 0 Å². The minimum absolute atomic E-state index is 0.504. The van der Waals surface area contributed by atoms with Crippen molar-refractivity contribution >= 4 is 0 Å². The molecule has 0 bridgehead atoms. The molecule has 2 aliphatic rings. The summed E-state index contributed by atoms with van der Waals surface area (Å²) < 4.78 is 0. The molecule has 0 aliphatic heterocycles. The van der Waals surface area contributed by atoms with E-state index in [1.807, 2.05) is 13.8 Å². The highest BCUT2D eigenvalue weighted by Crippen LogP contribution is 2.54. The smallest absolute Gasteiger partial charge is 0.105 e. The van der Waals surface area contributed by atoms with Gasteiger partial charge in [-0.25, -0.2) is 0 Å². The third-order valence-electron chi connectivity index (χ3n) is 8.28. The van der Waals surface area contributed by atoms with E-state index in [1.54, 1.807) is 0 Å². The lowest BCUT2D eigenvalue weighted by molar-refractivity contribution is 0.815. The zero-order valence-electron chi connectivity index (χ0n) is 21.5. The second kappa shape index (κ2) is 8.38. The van der Waals surface area contributed by atoms with E-state index in [9.17, 15) is 0 Å². The first-order valence-corrected chi connectivity index (χ1v) is 13.1. The molecule has 38 heavy (non-hydrogen) atoms. The predicted octanol–water partition coefficient (Wildman–Crippen LogP) is 8.36. The van der Waals surface area contributed by atoms with Gasteiger partial charge in [-0.3, -0.25) is 0 Å². The summed E-state index contributed by atoms with van der Waals surface area (Å²) in [7, 11) is 0. The Hall–Kier alpha value is -4.78. The molecule has 0 radical (unpaired) electrons. The quantitative estimate of drug-likeness (QED) is 0.222. The van der Waals surface area contributed by atoms with E-state index >= 15 is 0 Å². The van der Waals surface area contributed by atoms with Crippen molar-refractivity contribution in [3.8, 4) is 45.9 Å². The topological polar surface area (TPSA) is 0 Å². The summed E-state index contributed by atoms with van der Waals surface area (Å²) in [5.41, 5.74) is 11.4. The molecule has 0 amide bonds. The number of rotatable bonds is 2. The number of benzene rings is 5. The van der Waals surface area contributed by atoms with E-state index < -0.39 is 10.8 Å². The Balaban J connectivity index is 1.48. The van der Waals surface area contributed by atoms with Crippen LogP contribution in [0, 0.1) is 23.7 Å². The summed E-state index contributed by atoms with van der Waals surface area (Å²) in [4.78, 5) is 0. The first-order valence-electron chi connectivity index (χ1n) is 13.1. The van der Waals surface area contributed by atoms with E-state index in [1.165, 1.54) is 55.6 Å². The van der Waals surface area contributed by atoms with Crippen molar-refractivity contribution < 1.29 is 0 Å². The molecule has 0 saturated heterocycles. The maximum atomic E-state index is 3.66. The normalized spacial score (nSPS) is 14.6. The lowest BCUT2D eigenvalue weighted by Gasteiger charge is -2.30. The Labute approximate surface area is 225 Å². The largest absolute Gasteiger partial charge is 0.107 e. The molecule has 178 valence electrons. The van der Waals surface area contributed by atoms with Gasteiger partial charge in [0.15, 0.2) is 0 Å². The lowest BCUT2D eigenvalue weighted by Crippen LogP contribution is -2.27. The molecule has 0 unspecified atom stereocenters. The minimum atomic E-state index is -0.504. The van der Waals surface area contributed by atoms with Crippen LogP contribution in [0.5, 0.6) is 0 Å². The molecule has 0 nitrogen and oxygen atoms in total. The number of hydrogen-bond acceptors (Lipinski definition) is 0. The van der Waals surface area contributed by atoms with Crippen LogP contribution in [0.1, 0.15) is 47.2 Å². The predicted molar refractivity (Wildman–Crippen MR) is 157 cm³/mol. The molecule has 0 spiro atoms. The molecule has 0 fully saturated rings. The molecule has 0 saturated carbocycles. The first kappa shape index (κ1) is 22.4. The average molecular weight is 483 g/mol. The highest BCUT2D eigenvalue weighted by atomic mass is 14.5. The van der Waals surface area contributed by atoms with E-state index in [4.69, 9.17) is 0 Å². The molecule has 0 aromatic heterocycles. The summed E-state index contributed by atoms with van der Waals surface area (Å²) in [5, 5.41) is 0. The van der Waals surface area contributed by atoms with Gasteiger partial charge in [0, 0.05) is 0 Å². The monoisotopic (exact) mass is 482 g/mol. The van der Waals surface area contributed by atoms with Crippen molar-refractivity contribution in [1.29, 1.82) is 0 Å². The summed E-state index contributed by atoms with van der Waals surface area (Å²) in [6.07, 6.45) is 0. The van der Waals surface area contributed by atoms with Crippen molar-refractivity contribution in [3.05, 3.63) is 155 Å². The van der Waals surface area contributed by atoms with Gasteiger partial charge < -0.3 is 0 Å². The van der Waals surface area contributed by atoms with Crippen LogP contribution >= 0.6 is 0 Å². The Morgan fingerprint density at radius 3 is 0.895 bits per heavy atom. The lowest BCUT2D eigenvalue weighted by atomic mass is 9.70. The van der Waals surface area contributed by atoms with E-state index in [2.05, 4.69) is 145 Å². The molecule has 5 aromatic carbocycles. The van der Waals surface area contributed by atoms with Crippen LogP contribution in [0.15, 0.2) is 121 Å². The van der Waals surface area contributed by atoms with Crippen LogP contribution in [0.4, 0.5) is 0 Å². The van der Waals surface area contributed by atoms with Crippen LogP contribution in [-0.4, -0.2) is 0 Å². The fraction of sp³-hybridized carbons (Fsp3) is 0.105. The van der Waals surface area contributed by atoms with Crippen molar-refractivity contribution in [1.82, 2.24) is 0 Å². The third-order valence-corrected chi connectivity index (χ3v) is 8.28. The van der Waals surface area contributed by atoms with E-state index in [0.29, 0.717) is 0 Å². The van der Waals surface area contributed by atoms with Crippen LogP contribution in [0.25, 0.3) is 22.3 Å². The van der Waals surface area contributed by atoms with Gasteiger partial charge >= 0.3 is 0 Å². The minimum Gasteiger partial charge on any atom is -0.105 e. The van der Waals surface area contributed by atoms with Gasteiger partial charge in [0.05, 0.1) is 0 Å². The molecule has 0 atom stereocenters. The van der Waals surface area contributed by atoms with Gasteiger partial charge in [-0.2, -0.15) is 0 Å². The molecule has 5 aromatic rings. The number of fused-ring (bicyclic) bond motifs is 6. The van der Waals surface area contributed by atoms with Gasteiger partial charge in [0.2, 0.25) is 0 Å². The van der Waals surface area contributed by atoms with Crippen molar-refractivity contribution in [3.63, 3.8) is 0 Å². The fourth-order valence-corrected chi connectivity index (χ4v) is 6.85. The summed E-state index contributed by atoms with van der Waals surface area (Å²) >= 11 is 0. The van der Waals surface area contributed by atoms with Gasteiger partial charge in [-0.1, -0.05) is 133 Å². The van der Waals surface area contributed by atoms with Crippen LogP contribution < -0.4 is 0 Å². The van der Waals surface area contributed by atoms with Crippen molar-refractivity contribution in [2.45, 2.75) is 24.7 Å². The third kappa shape index (κ3) is 2.78. The zero-order valence-corrected chi connectivity index (χ0v) is 21.5. The van der Waals surface area contributed by atoms with Gasteiger partial charge in [0.25, 0.3) is 0 Å². The van der Waals surface area contributed by atoms with E-state index in [0.717, 1.165) is 0 Å². The molecule has 0 heteroatoms. The Morgan fingerprint density at radius 2 is 0.632 bits per heavy atom. The van der Waals surface area contributed by atoms with Gasteiger partial charge in [-0.15, -0.1) is 11.8 Å². The maximum absolute atomic E-state index is 3.66. The Morgan fingerprint density at radius 1 is 0.368 bits per heavy atom. The second-order valence-corrected chi connectivity index (χ2v) is 10.0. The molecular weight excluding hydrogens is 456 g/mol. The molecule has 7 rings (SSSR count). The Bertz CT molecular complexity index is 1620. The van der Waals surface area contributed by atoms with Crippen LogP contribution in [0.2, 0.25) is 0 Å².